The summed E-state index contributed by atoms with van der Waals surface area (Å²) in [4.78, 5) is 0. The van der Waals surface area contributed by atoms with Crippen LogP contribution in [0.1, 0.15) is 39.5 Å². The van der Waals surface area contributed by atoms with E-state index in [1.54, 1.807) is 0 Å². The minimum atomic E-state index is -2.73. The predicted octanol–water partition coefficient (Wildman–Crippen LogP) is 2.15. The molecule has 2 atom stereocenters. The number of hydrogen-bond donors (Lipinski definition) is 1. The number of sulfone groups is 1. The summed E-state index contributed by atoms with van der Waals surface area (Å²) in [6.45, 7) is 9.00. The van der Waals surface area contributed by atoms with Crippen LogP contribution in [-0.4, -0.2) is 32.5 Å². The molecule has 1 aliphatic heterocycles. The second kappa shape index (κ2) is 6.55. The van der Waals surface area contributed by atoms with Gasteiger partial charge in [0.25, 0.3) is 0 Å². The number of rotatable bonds is 7. The van der Waals surface area contributed by atoms with Crippen LogP contribution in [-0.2, 0) is 9.84 Å². The molecule has 4 heteroatoms. The Labute approximate surface area is 106 Å². The largest absolute Gasteiger partial charge is 0.314 e. The molecule has 1 heterocycles. The Kier molecular flexibility index (Phi) is 5.67. The molecule has 0 aromatic rings. The van der Waals surface area contributed by atoms with E-state index in [0.29, 0.717) is 23.5 Å². The molecular formula is C13H25NO2S. The molecule has 0 radical (unpaired) electrons. The highest BCUT2D eigenvalue weighted by Crippen LogP contribution is 2.24. The van der Waals surface area contributed by atoms with Crippen LogP contribution in [0.3, 0.4) is 0 Å². The first-order valence-corrected chi connectivity index (χ1v) is 8.33. The van der Waals surface area contributed by atoms with Crippen molar-refractivity contribution in [2.24, 2.45) is 5.92 Å². The molecular weight excluding hydrogens is 234 g/mol. The van der Waals surface area contributed by atoms with Gasteiger partial charge in [0, 0.05) is 6.04 Å². The molecule has 1 aliphatic rings. The standard InChI is InChI=1S/C13H25NO2S/c1-4-14-13(6-5-11(2)3)9-12-7-8-17(15,16)10-12/h12-14H,2,4-10H2,1,3H3. The molecule has 1 rings (SSSR count). The van der Waals surface area contributed by atoms with Crippen molar-refractivity contribution in [1.29, 1.82) is 0 Å². The molecule has 3 nitrogen and oxygen atoms in total. The van der Waals surface area contributed by atoms with Gasteiger partial charge in [0.15, 0.2) is 9.84 Å². The highest BCUT2D eigenvalue weighted by Gasteiger charge is 2.29. The molecule has 100 valence electrons. The van der Waals surface area contributed by atoms with Crippen molar-refractivity contribution in [3.05, 3.63) is 12.2 Å². The van der Waals surface area contributed by atoms with Gasteiger partial charge in [0.05, 0.1) is 11.5 Å². The fourth-order valence-electron chi connectivity index (χ4n) is 2.47. The third-order valence-electron chi connectivity index (χ3n) is 3.36. The summed E-state index contributed by atoms with van der Waals surface area (Å²) in [6.07, 6.45) is 3.93. The first kappa shape index (κ1) is 14.7. The molecule has 1 saturated heterocycles. The zero-order valence-corrected chi connectivity index (χ0v) is 11.9. The molecule has 0 aliphatic carbocycles. The lowest BCUT2D eigenvalue weighted by Gasteiger charge is -2.20. The Hall–Kier alpha value is -0.350. The maximum Gasteiger partial charge on any atom is 0.150 e. The van der Waals surface area contributed by atoms with Gasteiger partial charge in [-0.2, -0.15) is 0 Å². The normalized spacial score (nSPS) is 24.7. The molecule has 0 saturated carbocycles. The second-order valence-electron chi connectivity index (χ2n) is 5.26. The minimum Gasteiger partial charge on any atom is -0.314 e. The molecule has 0 aromatic heterocycles. The van der Waals surface area contributed by atoms with Crippen LogP contribution < -0.4 is 5.32 Å². The van der Waals surface area contributed by atoms with Gasteiger partial charge in [-0.25, -0.2) is 8.42 Å². The van der Waals surface area contributed by atoms with Crippen molar-refractivity contribution in [3.8, 4) is 0 Å². The summed E-state index contributed by atoms with van der Waals surface area (Å²) in [5, 5.41) is 3.46. The van der Waals surface area contributed by atoms with E-state index in [2.05, 4.69) is 18.8 Å². The van der Waals surface area contributed by atoms with Crippen LogP contribution in [0, 0.1) is 5.92 Å². The Morgan fingerprint density at radius 3 is 2.71 bits per heavy atom. The zero-order chi connectivity index (χ0) is 12.9. The quantitative estimate of drug-likeness (QED) is 0.713. The molecule has 1 N–H and O–H groups in total. The van der Waals surface area contributed by atoms with Gasteiger partial charge in [-0.05, 0) is 45.1 Å². The van der Waals surface area contributed by atoms with Crippen molar-refractivity contribution < 1.29 is 8.42 Å². The van der Waals surface area contributed by atoms with Gasteiger partial charge in [0.2, 0.25) is 0 Å². The average molecular weight is 259 g/mol. The Balaban J connectivity index is 2.41. The van der Waals surface area contributed by atoms with E-state index in [1.807, 2.05) is 6.92 Å². The van der Waals surface area contributed by atoms with Gasteiger partial charge in [-0.15, -0.1) is 6.58 Å². The summed E-state index contributed by atoms with van der Waals surface area (Å²) in [6, 6.07) is 0.440. The number of hydrogen-bond acceptors (Lipinski definition) is 3. The SMILES string of the molecule is C=C(C)CCC(CC1CCS(=O)(=O)C1)NCC. The third-order valence-corrected chi connectivity index (χ3v) is 5.19. The van der Waals surface area contributed by atoms with Crippen molar-refractivity contribution >= 4 is 9.84 Å². The van der Waals surface area contributed by atoms with E-state index in [4.69, 9.17) is 0 Å². The number of nitrogens with one attached hydrogen (secondary N) is 1. The first-order chi connectivity index (χ1) is 7.93. The fraction of sp³-hybridized carbons (Fsp3) is 0.846. The second-order valence-corrected chi connectivity index (χ2v) is 7.48. The van der Waals surface area contributed by atoms with Crippen LogP contribution >= 0.6 is 0 Å². The first-order valence-electron chi connectivity index (χ1n) is 6.51. The Morgan fingerprint density at radius 2 is 2.24 bits per heavy atom. The van der Waals surface area contributed by atoms with Crippen LogP contribution in [0.2, 0.25) is 0 Å². The molecule has 0 amide bonds. The molecule has 0 aromatic carbocycles. The molecule has 2 unspecified atom stereocenters. The molecule has 0 bridgehead atoms. The van der Waals surface area contributed by atoms with Crippen molar-refractivity contribution in [2.75, 3.05) is 18.1 Å². The van der Waals surface area contributed by atoms with Crippen LogP contribution in [0.25, 0.3) is 0 Å². The summed E-state index contributed by atoms with van der Waals surface area (Å²) in [5.41, 5.74) is 1.20. The van der Waals surface area contributed by atoms with Gasteiger partial charge in [-0.1, -0.05) is 12.5 Å². The van der Waals surface area contributed by atoms with Gasteiger partial charge in [0.1, 0.15) is 0 Å². The van der Waals surface area contributed by atoms with Crippen LogP contribution in [0.15, 0.2) is 12.2 Å². The Morgan fingerprint density at radius 1 is 1.53 bits per heavy atom. The van der Waals surface area contributed by atoms with E-state index in [9.17, 15) is 8.42 Å². The lowest BCUT2D eigenvalue weighted by molar-refractivity contribution is 0.393. The Bertz CT molecular complexity index is 348. The van der Waals surface area contributed by atoms with Crippen molar-refractivity contribution in [1.82, 2.24) is 5.32 Å². The maximum absolute atomic E-state index is 11.4. The summed E-state index contributed by atoms with van der Waals surface area (Å²) < 4.78 is 22.8. The van der Waals surface area contributed by atoms with E-state index >= 15 is 0 Å². The minimum absolute atomic E-state index is 0.356. The molecule has 0 spiro atoms. The average Bonchev–Trinajstić information content (AvgIpc) is 2.55. The molecule has 17 heavy (non-hydrogen) atoms. The lowest BCUT2D eigenvalue weighted by atomic mass is 9.95. The summed E-state index contributed by atoms with van der Waals surface area (Å²) in [7, 11) is -2.73. The zero-order valence-electron chi connectivity index (χ0n) is 11.0. The third kappa shape index (κ3) is 5.68. The predicted molar refractivity (Wildman–Crippen MR) is 72.9 cm³/mol. The van der Waals surface area contributed by atoms with Crippen molar-refractivity contribution in [2.45, 2.75) is 45.6 Å². The van der Waals surface area contributed by atoms with Gasteiger partial charge in [-0.3, -0.25) is 0 Å². The fourth-order valence-corrected chi connectivity index (χ4v) is 4.35. The van der Waals surface area contributed by atoms with Gasteiger partial charge >= 0.3 is 0 Å². The van der Waals surface area contributed by atoms with Crippen molar-refractivity contribution in [3.63, 3.8) is 0 Å². The highest BCUT2D eigenvalue weighted by atomic mass is 32.2. The topological polar surface area (TPSA) is 46.2 Å². The van der Waals surface area contributed by atoms with E-state index in [1.165, 1.54) is 5.57 Å². The van der Waals surface area contributed by atoms with Crippen LogP contribution in [0.4, 0.5) is 0 Å². The number of allylic oxidation sites excluding steroid dienone is 1. The lowest BCUT2D eigenvalue weighted by Crippen LogP contribution is -2.31. The molecule has 1 fully saturated rings. The van der Waals surface area contributed by atoms with Crippen LogP contribution in [0.5, 0.6) is 0 Å². The maximum atomic E-state index is 11.4. The van der Waals surface area contributed by atoms with Gasteiger partial charge < -0.3 is 5.32 Å². The van der Waals surface area contributed by atoms with E-state index in [-0.39, 0.29) is 0 Å². The smallest absolute Gasteiger partial charge is 0.150 e. The summed E-state index contributed by atoms with van der Waals surface area (Å²) >= 11 is 0. The summed E-state index contributed by atoms with van der Waals surface area (Å²) in [5.74, 6) is 1.13. The van der Waals surface area contributed by atoms with E-state index in [0.717, 1.165) is 32.2 Å². The van der Waals surface area contributed by atoms with E-state index < -0.39 is 9.84 Å². The highest BCUT2D eigenvalue weighted by molar-refractivity contribution is 7.91. The monoisotopic (exact) mass is 259 g/mol.